The van der Waals surface area contributed by atoms with Gasteiger partial charge in [-0.2, -0.15) is 0 Å². The van der Waals surface area contributed by atoms with E-state index >= 15 is 0 Å². The van der Waals surface area contributed by atoms with Crippen molar-refractivity contribution in [3.05, 3.63) is 11.6 Å². The fourth-order valence-electron chi connectivity index (χ4n) is 1.97. The predicted octanol–water partition coefficient (Wildman–Crippen LogP) is 1.93. The van der Waals surface area contributed by atoms with Crippen LogP contribution in [0.2, 0.25) is 0 Å². The minimum Gasteiger partial charge on any atom is -0.478 e. The third-order valence-corrected chi connectivity index (χ3v) is 3.24. The molecule has 0 bridgehead atoms. The summed E-state index contributed by atoms with van der Waals surface area (Å²) in [6.07, 6.45) is 2.65. The van der Waals surface area contributed by atoms with E-state index in [0.717, 1.165) is 38.6 Å². The Hall–Kier alpha value is -1.36. The highest BCUT2D eigenvalue weighted by Gasteiger charge is 2.19. The summed E-state index contributed by atoms with van der Waals surface area (Å²) in [5.41, 5.74) is 0.231. The van der Waals surface area contributed by atoms with Crippen molar-refractivity contribution >= 4 is 11.9 Å². The maximum atomic E-state index is 11.5. The Morgan fingerprint density at radius 3 is 2.32 bits per heavy atom. The van der Waals surface area contributed by atoms with Crippen LogP contribution in [0.1, 0.15) is 33.6 Å². The van der Waals surface area contributed by atoms with Gasteiger partial charge in [-0.1, -0.05) is 20.8 Å². The minimum atomic E-state index is -1.11. The molecule has 0 aliphatic rings. The van der Waals surface area contributed by atoms with E-state index in [-0.39, 0.29) is 11.5 Å². The van der Waals surface area contributed by atoms with Crippen molar-refractivity contribution in [2.75, 3.05) is 26.7 Å². The maximum absolute atomic E-state index is 11.5. The predicted molar refractivity (Wildman–Crippen MR) is 73.9 cm³/mol. The largest absolute Gasteiger partial charge is 0.478 e. The number of carbonyl (C=O) groups is 2. The second-order valence-corrected chi connectivity index (χ2v) is 4.50. The molecule has 0 saturated carbocycles. The molecular weight excluding hydrogens is 246 g/mol. The molecule has 0 aliphatic carbocycles. The summed E-state index contributed by atoms with van der Waals surface area (Å²) in [4.78, 5) is 24.5. The van der Waals surface area contributed by atoms with Crippen LogP contribution in [0.3, 0.4) is 0 Å². The monoisotopic (exact) mass is 271 g/mol. The van der Waals surface area contributed by atoms with Gasteiger partial charge in [0.2, 0.25) is 0 Å². The van der Waals surface area contributed by atoms with Crippen molar-refractivity contribution in [3.8, 4) is 0 Å². The van der Waals surface area contributed by atoms with Gasteiger partial charge in [-0.15, -0.1) is 0 Å². The van der Waals surface area contributed by atoms with Crippen molar-refractivity contribution < 1.29 is 19.4 Å². The number of carboxylic acids is 1. The van der Waals surface area contributed by atoms with E-state index in [2.05, 4.69) is 23.5 Å². The van der Waals surface area contributed by atoms with Crippen LogP contribution in [0.25, 0.3) is 0 Å². The molecule has 0 saturated heterocycles. The molecule has 0 heterocycles. The van der Waals surface area contributed by atoms with E-state index in [0.29, 0.717) is 0 Å². The van der Waals surface area contributed by atoms with E-state index in [1.54, 1.807) is 0 Å². The Balaban J connectivity index is 4.45. The summed E-state index contributed by atoms with van der Waals surface area (Å²) < 4.78 is 4.62. The molecule has 0 amide bonds. The molecule has 1 unspecified atom stereocenters. The molecule has 0 fully saturated rings. The lowest BCUT2D eigenvalue weighted by Crippen LogP contribution is -2.24. The zero-order valence-electron chi connectivity index (χ0n) is 12.3. The molecule has 0 spiro atoms. The number of aliphatic carboxylic acids is 1. The van der Waals surface area contributed by atoms with Crippen LogP contribution < -0.4 is 0 Å². The number of carboxylic acid groups (broad SMARTS) is 1. The molecule has 5 nitrogen and oxygen atoms in total. The second kappa shape index (κ2) is 9.55. The number of hydrogen-bond acceptors (Lipinski definition) is 4. The van der Waals surface area contributed by atoms with Gasteiger partial charge in [-0.05, 0) is 38.4 Å². The van der Waals surface area contributed by atoms with Crippen molar-refractivity contribution in [1.29, 1.82) is 0 Å². The first-order valence-corrected chi connectivity index (χ1v) is 6.71. The van der Waals surface area contributed by atoms with Gasteiger partial charge < -0.3 is 14.7 Å². The van der Waals surface area contributed by atoms with Gasteiger partial charge in [0.1, 0.15) is 0 Å². The van der Waals surface area contributed by atoms with Crippen LogP contribution in [-0.2, 0) is 14.3 Å². The van der Waals surface area contributed by atoms with Crippen molar-refractivity contribution in [1.82, 2.24) is 4.90 Å². The lowest BCUT2D eigenvalue weighted by Gasteiger charge is -2.19. The molecule has 5 heteroatoms. The number of carbonyl (C=O) groups excluding carboxylic acids is 1. The third-order valence-electron chi connectivity index (χ3n) is 3.24. The molecule has 19 heavy (non-hydrogen) atoms. The number of nitrogens with zero attached hydrogens (tertiary/aromatic N) is 1. The highest BCUT2D eigenvalue weighted by Crippen LogP contribution is 2.18. The number of esters is 1. The van der Waals surface area contributed by atoms with Crippen LogP contribution in [0, 0.1) is 5.92 Å². The molecule has 1 atom stereocenters. The number of rotatable bonds is 9. The first-order chi connectivity index (χ1) is 8.96. The van der Waals surface area contributed by atoms with E-state index < -0.39 is 11.9 Å². The van der Waals surface area contributed by atoms with E-state index in [1.165, 1.54) is 7.11 Å². The quantitative estimate of drug-likeness (QED) is 0.512. The lowest BCUT2D eigenvalue weighted by molar-refractivity contribution is -0.138. The summed E-state index contributed by atoms with van der Waals surface area (Å²) in [6.45, 7) is 9.03. The molecule has 0 aliphatic heterocycles. The average Bonchev–Trinajstić information content (AvgIpc) is 2.39. The zero-order chi connectivity index (χ0) is 14.8. The Morgan fingerprint density at radius 1 is 1.32 bits per heavy atom. The second-order valence-electron chi connectivity index (χ2n) is 4.50. The molecule has 110 valence electrons. The summed E-state index contributed by atoms with van der Waals surface area (Å²) in [6, 6.07) is 0. The first-order valence-electron chi connectivity index (χ1n) is 6.71. The van der Waals surface area contributed by atoms with E-state index in [9.17, 15) is 9.59 Å². The SMILES string of the molecule is CCN(CC)CCCC(C)/C(=C\C(=O)O)C(=O)OC. The van der Waals surface area contributed by atoms with Gasteiger partial charge in [-0.25, -0.2) is 9.59 Å². The number of hydrogen-bond donors (Lipinski definition) is 1. The minimum absolute atomic E-state index is 0.112. The first kappa shape index (κ1) is 17.6. The fraction of sp³-hybridized carbons (Fsp3) is 0.714. The summed E-state index contributed by atoms with van der Waals surface area (Å²) in [5, 5.41) is 8.77. The highest BCUT2D eigenvalue weighted by atomic mass is 16.5. The topological polar surface area (TPSA) is 66.8 Å². The van der Waals surface area contributed by atoms with Gasteiger partial charge in [0.15, 0.2) is 0 Å². The van der Waals surface area contributed by atoms with Crippen LogP contribution >= 0.6 is 0 Å². The van der Waals surface area contributed by atoms with Gasteiger partial charge in [0.25, 0.3) is 0 Å². The summed E-state index contributed by atoms with van der Waals surface area (Å²) >= 11 is 0. The molecule has 1 N–H and O–H groups in total. The Labute approximate surface area is 115 Å². The normalized spacial score (nSPS) is 13.4. The van der Waals surface area contributed by atoms with Crippen LogP contribution in [-0.4, -0.2) is 48.7 Å². The summed E-state index contributed by atoms with van der Waals surface area (Å²) in [5.74, 6) is -1.78. The molecule has 0 aromatic carbocycles. The van der Waals surface area contributed by atoms with E-state index in [4.69, 9.17) is 5.11 Å². The van der Waals surface area contributed by atoms with E-state index in [1.807, 2.05) is 6.92 Å². The fourth-order valence-corrected chi connectivity index (χ4v) is 1.97. The van der Waals surface area contributed by atoms with Gasteiger partial charge >= 0.3 is 11.9 Å². The molecule has 0 aromatic rings. The highest BCUT2D eigenvalue weighted by molar-refractivity contribution is 5.96. The molecular formula is C14H25NO4. The maximum Gasteiger partial charge on any atom is 0.334 e. The Kier molecular flexibility index (Phi) is 8.87. The van der Waals surface area contributed by atoms with Crippen LogP contribution in [0.15, 0.2) is 11.6 Å². The Morgan fingerprint density at radius 2 is 1.89 bits per heavy atom. The van der Waals surface area contributed by atoms with Crippen molar-refractivity contribution in [2.45, 2.75) is 33.6 Å². The number of ether oxygens (including phenoxy) is 1. The van der Waals surface area contributed by atoms with Gasteiger partial charge in [0.05, 0.1) is 7.11 Å². The standard InChI is InChI=1S/C14H25NO4/c1-5-15(6-2)9-7-8-11(3)12(10-13(16)17)14(18)19-4/h10-11H,5-9H2,1-4H3,(H,16,17)/b12-10+. The van der Waals surface area contributed by atoms with Crippen molar-refractivity contribution in [2.24, 2.45) is 5.92 Å². The van der Waals surface area contributed by atoms with Crippen LogP contribution in [0.5, 0.6) is 0 Å². The molecule has 0 radical (unpaired) electrons. The zero-order valence-corrected chi connectivity index (χ0v) is 12.3. The van der Waals surface area contributed by atoms with Gasteiger partial charge in [0, 0.05) is 11.6 Å². The molecule has 0 rings (SSSR count). The summed E-state index contributed by atoms with van der Waals surface area (Å²) in [7, 11) is 1.26. The molecule has 0 aromatic heterocycles. The Bertz CT molecular complexity index is 321. The van der Waals surface area contributed by atoms with Crippen molar-refractivity contribution in [3.63, 3.8) is 0 Å². The number of methoxy groups -OCH3 is 1. The average molecular weight is 271 g/mol. The lowest BCUT2D eigenvalue weighted by atomic mass is 9.95. The van der Waals surface area contributed by atoms with Crippen LogP contribution in [0.4, 0.5) is 0 Å². The van der Waals surface area contributed by atoms with Gasteiger partial charge in [-0.3, -0.25) is 0 Å². The third kappa shape index (κ3) is 6.96. The smallest absolute Gasteiger partial charge is 0.334 e.